The molecule has 0 aromatic carbocycles. The first kappa shape index (κ1) is 10.8. The highest BCUT2D eigenvalue weighted by Crippen LogP contribution is 2.15. The van der Waals surface area contributed by atoms with Crippen molar-refractivity contribution in [2.75, 3.05) is 17.7 Å². The molecule has 1 aromatic rings. The zero-order chi connectivity index (χ0) is 10.6. The maximum atomic E-state index is 5.58. The molecule has 0 saturated heterocycles. The number of rotatable bonds is 4. The predicted molar refractivity (Wildman–Crippen MR) is 59.2 cm³/mol. The molecule has 0 aliphatic carbocycles. The second-order valence-corrected chi connectivity index (χ2v) is 3.38. The molecule has 14 heavy (non-hydrogen) atoms. The summed E-state index contributed by atoms with van der Waals surface area (Å²) in [5.41, 5.74) is 5.58. The van der Waals surface area contributed by atoms with E-state index in [0.717, 1.165) is 18.7 Å². The second-order valence-electron chi connectivity index (χ2n) is 3.38. The molecule has 1 rings (SSSR count). The molecule has 0 bridgehead atoms. The van der Waals surface area contributed by atoms with Gasteiger partial charge < -0.3 is 10.6 Å². The Morgan fingerprint density at radius 1 is 1.36 bits per heavy atom. The fourth-order valence-electron chi connectivity index (χ4n) is 1.56. The molecule has 4 heteroatoms. The molecule has 4 nitrogen and oxygen atoms in total. The van der Waals surface area contributed by atoms with Crippen LogP contribution in [0.5, 0.6) is 0 Å². The van der Waals surface area contributed by atoms with Gasteiger partial charge >= 0.3 is 0 Å². The first-order chi connectivity index (χ1) is 6.69. The molecule has 0 aliphatic rings. The van der Waals surface area contributed by atoms with Crippen LogP contribution >= 0.6 is 0 Å². The van der Waals surface area contributed by atoms with Crippen LogP contribution in [0.2, 0.25) is 0 Å². The number of nitrogens with zero attached hydrogens (tertiary/aromatic N) is 3. The summed E-state index contributed by atoms with van der Waals surface area (Å²) < 4.78 is 0. The van der Waals surface area contributed by atoms with Gasteiger partial charge in [0.25, 0.3) is 0 Å². The summed E-state index contributed by atoms with van der Waals surface area (Å²) in [5.74, 6) is 1.32. The number of nitrogens with two attached hydrogens (primary N) is 1. The number of nitrogen functional groups attached to an aromatic ring is 1. The molecule has 0 amide bonds. The zero-order valence-electron chi connectivity index (χ0n) is 9.07. The Hall–Kier alpha value is -1.32. The van der Waals surface area contributed by atoms with Crippen LogP contribution in [0.3, 0.4) is 0 Å². The smallest absolute Gasteiger partial charge is 0.149 e. The molecular weight excluding hydrogens is 176 g/mol. The lowest BCUT2D eigenvalue weighted by atomic mass is 10.1. The van der Waals surface area contributed by atoms with Crippen LogP contribution in [0.25, 0.3) is 0 Å². The minimum atomic E-state index is 0.473. The van der Waals surface area contributed by atoms with Crippen molar-refractivity contribution in [1.29, 1.82) is 0 Å². The third-order valence-corrected chi connectivity index (χ3v) is 2.49. The molecule has 0 spiro atoms. The summed E-state index contributed by atoms with van der Waals surface area (Å²) in [5, 5.41) is 0. The summed E-state index contributed by atoms with van der Waals surface area (Å²) >= 11 is 0. The van der Waals surface area contributed by atoms with Gasteiger partial charge in [0, 0.05) is 13.1 Å². The lowest BCUT2D eigenvalue weighted by Crippen LogP contribution is -2.31. The summed E-state index contributed by atoms with van der Waals surface area (Å²) in [6, 6.07) is 0.506. The van der Waals surface area contributed by atoms with Crippen molar-refractivity contribution in [3.63, 3.8) is 0 Å². The minimum Gasteiger partial charge on any atom is -0.382 e. The van der Waals surface area contributed by atoms with Gasteiger partial charge in [-0.1, -0.05) is 13.8 Å². The van der Waals surface area contributed by atoms with E-state index < -0.39 is 0 Å². The standard InChI is InChI=1S/C10H18N4/c1-4-8(5-2)14(3)10-7-12-6-9(11)13-10/h6-8H,4-5H2,1-3H3,(H2,11,13). The van der Waals surface area contributed by atoms with E-state index in [1.165, 1.54) is 0 Å². The third kappa shape index (κ3) is 2.34. The molecule has 0 saturated carbocycles. The van der Waals surface area contributed by atoms with Crippen LogP contribution in [0, 0.1) is 0 Å². The number of hydrogen-bond donors (Lipinski definition) is 1. The van der Waals surface area contributed by atoms with Gasteiger partial charge in [0.1, 0.15) is 11.6 Å². The number of anilines is 2. The van der Waals surface area contributed by atoms with Gasteiger partial charge in [0.05, 0.1) is 12.4 Å². The van der Waals surface area contributed by atoms with Crippen molar-refractivity contribution in [3.8, 4) is 0 Å². The number of hydrogen-bond acceptors (Lipinski definition) is 4. The average molecular weight is 194 g/mol. The number of aromatic nitrogens is 2. The topological polar surface area (TPSA) is 55.0 Å². The normalized spacial score (nSPS) is 10.6. The van der Waals surface area contributed by atoms with Gasteiger partial charge in [0.2, 0.25) is 0 Å². The average Bonchev–Trinajstić information content (AvgIpc) is 2.19. The van der Waals surface area contributed by atoms with Gasteiger partial charge in [-0.25, -0.2) is 4.98 Å². The van der Waals surface area contributed by atoms with Gasteiger partial charge in [-0.2, -0.15) is 0 Å². The maximum absolute atomic E-state index is 5.58. The highest BCUT2D eigenvalue weighted by atomic mass is 15.2. The Morgan fingerprint density at radius 2 is 2.00 bits per heavy atom. The van der Waals surface area contributed by atoms with Crippen LogP contribution in [-0.2, 0) is 0 Å². The quantitative estimate of drug-likeness (QED) is 0.792. The second kappa shape index (κ2) is 4.79. The molecule has 0 radical (unpaired) electrons. The highest BCUT2D eigenvalue weighted by Gasteiger charge is 2.12. The summed E-state index contributed by atoms with van der Waals surface area (Å²) in [7, 11) is 2.03. The van der Waals surface area contributed by atoms with Crippen LogP contribution in [0.4, 0.5) is 11.6 Å². The monoisotopic (exact) mass is 194 g/mol. The van der Waals surface area contributed by atoms with Crippen LogP contribution in [-0.4, -0.2) is 23.1 Å². The Balaban J connectivity index is 2.82. The van der Waals surface area contributed by atoms with E-state index in [9.17, 15) is 0 Å². The van der Waals surface area contributed by atoms with Crippen LogP contribution in [0.1, 0.15) is 26.7 Å². The van der Waals surface area contributed by atoms with Crippen molar-refractivity contribution in [1.82, 2.24) is 9.97 Å². The minimum absolute atomic E-state index is 0.473. The zero-order valence-corrected chi connectivity index (χ0v) is 9.07. The fourth-order valence-corrected chi connectivity index (χ4v) is 1.56. The molecule has 0 aliphatic heterocycles. The lowest BCUT2D eigenvalue weighted by Gasteiger charge is -2.26. The van der Waals surface area contributed by atoms with E-state index in [0.29, 0.717) is 11.9 Å². The van der Waals surface area contributed by atoms with E-state index in [2.05, 4.69) is 28.7 Å². The molecule has 78 valence electrons. The third-order valence-electron chi connectivity index (χ3n) is 2.49. The van der Waals surface area contributed by atoms with E-state index in [1.807, 2.05) is 7.05 Å². The Kier molecular flexibility index (Phi) is 3.68. The summed E-state index contributed by atoms with van der Waals surface area (Å²) in [6.45, 7) is 4.34. The lowest BCUT2D eigenvalue weighted by molar-refractivity contribution is 0.586. The van der Waals surface area contributed by atoms with Gasteiger partial charge in [-0.3, -0.25) is 4.98 Å². The van der Waals surface area contributed by atoms with Crippen molar-refractivity contribution >= 4 is 11.6 Å². The first-order valence-corrected chi connectivity index (χ1v) is 4.99. The highest BCUT2D eigenvalue weighted by molar-refractivity contribution is 5.41. The van der Waals surface area contributed by atoms with Crippen LogP contribution < -0.4 is 10.6 Å². The SMILES string of the molecule is CCC(CC)N(C)c1cncc(N)n1. The van der Waals surface area contributed by atoms with Crippen molar-refractivity contribution in [3.05, 3.63) is 12.4 Å². The van der Waals surface area contributed by atoms with E-state index in [-0.39, 0.29) is 0 Å². The van der Waals surface area contributed by atoms with Gasteiger partial charge in [0.15, 0.2) is 0 Å². The maximum Gasteiger partial charge on any atom is 0.149 e. The molecule has 2 N–H and O–H groups in total. The molecule has 0 unspecified atom stereocenters. The largest absolute Gasteiger partial charge is 0.382 e. The molecule has 0 fully saturated rings. The van der Waals surface area contributed by atoms with Gasteiger partial charge in [-0.05, 0) is 12.8 Å². The first-order valence-electron chi connectivity index (χ1n) is 4.99. The van der Waals surface area contributed by atoms with Crippen molar-refractivity contribution in [2.24, 2.45) is 0 Å². The Bertz CT molecular complexity index is 283. The molecule has 1 heterocycles. The van der Waals surface area contributed by atoms with Crippen molar-refractivity contribution in [2.45, 2.75) is 32.7 Å². The molecular formula is C10H18N4. The predicted octanol–water partition coefficient (Wildman–Crippen LogP) is 1.68. The fraction of sp³-hybridized carbons (Fsp3) is 0.600. The Labute approximate surface area is 85.2 Å². The van der Waals surface area contributed by atoms with E-state index >= 15 is 0 Å². The van der Waals surface area contributed by atoms with Gasteiger partial charge in [-0.15, -0.1) is 0 Å². The van der Waals surface area contributed by atoms with Crippen molar-refractivity contribution < 1.29 is 0 Å². The Morgan fingerprint density at radius 3 is 2.50 bits per heavy atom. The molecule has 0 atom stereocenters. The molecule has 1 aromatic heterocycles. The van der Waals surface area contributed by atoms with E-state index in [1.54, 1.807) is 12.4 Å². The van der Waals surface area contributed by atoms with Crippen LogP contribution in [0.15, 0.2) is 12.4 Å². The summed E-state index contributed by atoms with van der Waals surface area (Å²) in [4.78, 5) is 10.4. The summed E-state index contributed by atoms with van der Waals surface area (Å²) in [6.07, 6.45) is 5.51. The van der Waals surface area contributed by atoms with E-state index in [4.69, 9.17) is 5.73 Å².